The molecule has 2 heteroatoms. The zero-order valence-corrected chi connectivity index (χ0v) is 9.24. The summed E-state index contributed by atoms with van der Waals surface area (Å²) in [5.74, 6) is 0. The molecule has 0 fully saturated rings. The molecule has 0 aliphatic carbocycles. The third-order valence-corrected chi connectivity index (χ3v) is 2.74. The fraction of sp³-hybridized carbons (Fsp3) is 0.0833. The summed E-state index contributed by atoms with van der Waals surface area (Å²) >= 11 is 3.49. The molecule has 0 saturated carbocycles. The van der Waals surface area contributed by atoms with Gasteiger partial charge in [0.1, 0.15) is 0 Å². The van der Waals surface area contributed by atoms with Crippen LogP contribution in [0.3, 0.4) is 0 Å². The van der Waals surface area contributed by atoms with Crippen LogP contribution >= 0.6 is 15.9 Å². The van der Waals surface area contributed by atoms with Gasteiger partial charge in [-0.25, -0.2) is 0 Å². The van der Waals surface area contributed by atoms with Gasteiger partial charge in [0, 0.05) is 23.3 Å². The first-order valence-corrected chi connectivity index (χ1v) is 5.58. The second kappa shape index (κ2) is 4.38. The maximum atomic E-state index is 4.12. The SMILES string of the molecule is BrCc1ccccc1-c1cccnc1. The molecular formula is C12H10BrN. The highest BCUT2D eigenvalue weighted by molar-refractivity contribution is 9.08. The van der Waals surface area contributed by atoms with Gasteiger partial charge < -0.3 is 0 Å². The van der Waals surface area contributed by atoms with E-state index in [0.717, 1.165) is 5.33 Å². The molecule has 0 aliphatic heterocycles. The molecule has 2 aromatic rings. The van der Waals surface area contributed by atoms with Crippen molar-refractivity contribution in [2.45, 2.75) is 5.33 Å². The summed E-state index contributed by atoms with van der Waals surface area (Å²) in [6.45, 7) is 0. The molecule has 0 N–H and O–H groups in total. The van der Waals surface area contributed by atoms with Crippen LogP contribution in [0.5, 0.6) is 0 Å². The molecule has 2 rings (SSSR count). The van der Waals surface area contributed by atoms with Crippen molar-refractivity contribution < 1.29 is 0 Å². The summed E-state index contributed by atoms with van der Waals surface area (Å²) < 4.78 is 0. The van der Waals surface area contributed by atoms with Crippen molar-refractivity contribution in [1.29, 1.82) is 0 Å². The molecular weight excluding hydrogens is 238 g/mol. The van der Waals surface area contributed by atoms with Gasteiger partial charge >= 0.3 is 0 Å². The van der Waals surface area contributed by atoms with Gasteiger partial charge in [-0.15, -0.1) is 0 Å². The van der Waals surface area contributed by atoms with E-state index in [9.17, 15) is 0 Å². The zero-order valence-electron chi connectivity index (χ0n) is 7.65. The van der Waals surface area contributed by atoms with E-state index >= 15 is 0 Å². The van der Waals surface area contributed by atoms with E-state index < -0.39 is 0 Å². The van der Waals surface area contributed by atoms with Crippen molar-refractivity contribution in [2.75, 3.05) is 0 Å². The maximum Gasteiger partial charge on any atom is 0.0346 e. The smallest absolute Gasteiger partial charge is 0.0346 e. The van der Waals surface area contributed by atoms with Crippen molar-refractivity contribution >= 4 is 15.9 Å². The number of hydrogen-bond donors (Lipinski definition) is 0. The summed E-state index contributed by atoms with van der Waals surface area (Å²) in [5.41, 5.74) is 3.71. The summed E-state index contributed by atoms with van der Waals surface area (Å²) in [7, 11) is 0. The minimum Gasteiger partial charge on any atom is -0.264 e. The Hall–Kier alpha value is -1.15. The first kappa shape index (κ1) is 9.41. The number of rotatable bonds is 2. The molecule has 70 valence electrons. The lowest BCUT2D eigenvalue weighted by Crippen LogP contribution is -1.85. The minimum absolute atomic E-state index is 0.873. The first-order chi connectivity index (χ1) is 6.92. The highest BCUT2D eigenvalue weighted by atomic mass is 79.9. The Bertz CT molecular complexity index is 412. The Morgan fingerprint density at radius 2 is 1.93 bits per heavy atom. The number of pyridine rings is 1. The lowest BCUT2D eigenvalue weighted by Gasteiger charge is -2.05. The third kappa shape index (κ3) is 1.85. The van der Waals surface area contributed by atoms with Gasteiger partial charge in [0.15, 0.2) is 0 Å². The Morgan fingerprint density at radius 3 is 2.64 bits per heavy atom. The molecule has 0 bridgehead atoms. The summed E-state index contributed by atoms with van der Waals surface area (Å²) in [4.78, 5) is 4.12. The number of aromatic nitrogens is 1. The second-order valence-electron chi connectivity index (χ2n) is 3.03. The molecule has 0 radical (unpaired) electrons. The molecule has 14 heavy (non-hydrogen) atoms. The van der Waals surface area contributed by atoms with Gasteiger partial charge in [-0.3, -0.25) is 4.98 Å². The Balaban J connectivity index is 2.51. The van der Waals surface area contributed by atoms with E-state index in [4.69, 9.17) is 0 Å². The van der Waals surface area contributed by atoms with Crippen LogP contribution in [0.4, 0.5) is 0 Å². The molecule has 0 amide bonds. The highest BCUT2D eigenvalue weighted by Crippen LogP contribution is 2.24. The Labute approximate surface area is 91.9 Å². The average molecular weight is 248 g/mol. The largest absolute Gasteiger partial charge is 0.264 e. The Kier molecular flexibility index (Phi) is 2.94. The van der Waals surface area contributed by atoms with Crippen molar-refractivity contribution in [3.63, 3.8) is 0 Å². The van der Waals surface area contributed by atoms with E-state index in [1.807, 2.05) is 12.3 Å². The van der Waals surface area contributed by atoms with E-state index in [0.29, 0.717) is 0 Å². The summed E-state index contributed by atoms with van der Waals surface area (Å²) in [5, 5.41) is 0.873. The van der Waals surface area contributed by atoms with Crippen LogP contribution in [0.15, 0.2) is 48.8 Å². The normalized spacial score (nSPS) is 10.1. The van der Waals surface area contributed by atoms with Crippen LogP contribution in [-0.2, 0) is 5.33 Å². The fourth-order valence-electron chi connectivity index (χ4n) is 1.44. The molecule has 0 aliphatic rings. The molecule has 1 heterocycles. The number of nitrogens with zero attached hydrogens (tertiary/aromatic N) is 1. The van der Waals surface area contributed by atoms with Crippen molar-refractivity contribution in [3.05, 3.63) is 54.4 Å². The van der Waals surface area contributed by atoms with Gasteiger partial charge in [0.25, 0.3) is 0 Å². The van der Waals surface area contributed by atoms with Gasteiger partial charge in [-0.1, -0.05) is 46.3 Å². The molecule has 0 saturated heterocycles. The molecule has 0 atom stereocenters. The summed E-state index contributed by atoms with van der Waals surface area (Å²) in [6.07, 6.45) is 3.68. The van der Waals surface area contributed by atoms with Crippen LogP contribution < -0.4 is 0 Å². The standard InChI is InChI=1S/C12H10BrN/c13-8-10-4-1-2-6-12(10)11-5-3-7-14-9-11/h1-7,9H,8H2. The predicted octanol–water partition coefficient (Wildman–Crippen LogP) is 3.64. The van der Waals surface area contributed by atoms with E-state index in [2.05, 4.69) is 51.2 Å². The maximum absolute atomic E-state index is 4.12. The number of halogens is 1. The third-order valence-electron chi connectivity index (χ3n) is 2.13. The van der Waals surface area contributed by atoms with E-state index in [1.165, 1.54) is 16.7 Å². The van der Waals surface area contributed by atoms with Crippen LogP contribution in [0.2, 0.25) is 0 Å². The van der Waals surface area contributed by atoms with Crippen LogP contribution in [-0.4, -0.2) is 4.98 Å². The van der Waals surface area contributed by atoms with Gasteiger partial charge in [-0.2, -0.15) is 0 Å². The van der Waals surface area contributed by atoms with Crippen molar-refractivity contribution in [1.82, 2.24) is 4.98 Å². The van der Waals surface area contributed by atoms with Gasteiger partial charge in [0.2, 0.25) is 0 Å². The molecule has 1 nitrogen and oxygen atoms in total. The zero-order chi connectivity index (χ0) is 9.80. The van der Waals surface area contributed by atoms with Crippen molar-refractivity contribution in [3.8, 4) is 11.1 Å². The highest BCUT2D eigenvalue weighted by Gasteiger charge is 2.01. The van der Waals surface area contributed by atoms with Gasteiger partial charge in [0.05, 0.1) is 0 Å². The lowest BCUT2D eigenvalue weighted by molar-refractivity contribution is 1.32. The minimum atomic E-state index is 0.873. The topological polar surface area (TPSA) is 12.9 Å². The summed E-state index contributed by atoms with van der Waals surface area (Å²) in [6, 6.07) is 12.4. The van der Waals surface area contributed by atoms with E-state index in [-0.39, 0.29) is 0 Å². The first-order valence-electron chi connectivity index (χ1n) is 4.46. The Morgan fingerprint density at radius 1 is 1.07 bits per heavy atom. The molecule has 0 unspecified atom stereocenters. The molecule has 1 aromatic heterocycles. The number of alkyl halides is 1. The van der Waals surface area contributed by atoms with Crippen LogP contribution in [0, 0.1) is 0 Å². The van der Waals surface area contributed by atoms with Gasteiger partial charge in [-0.05, 0) is 17.2 Å². The average Bonchev–Trinajstić information content (AvgIpc) is 2.30. The van der Waals surface area contributed by atoms with Crippen LogP contribution in [0.25, 0.3) is 11.1 Å². The molecule has 0 spiro atoms. The van der Waals surface area contributed by atoms with E-state index in [1.54, 1.807) is 6.20 Å². The number of benzene rings is 1. The molecule has 1 aromatic carbocycles. The van der Waals surface area contributed by atoms with Crippen LogP contribution in [0.1, 0.15) is 5.56 Å². The number of hydrogen-bond acceptors (Lipinski definition) is 1. The fourth-order valence-corrected chi connectivity index (χ4v) is 1.93. The van der Waals surface area contributed by atoms with Crippen molar-refractivity contribution in [2.24, 2.45) is 0 Å². The monoisotopic (exact) mass is 247 g/mol. The quantitative estimate of drug-likeness (QED) is 0.739. The predicted molar refractivity (Wildman–Crippen MR) is 62.3 cm³/mol. The second-order valence-corrected chi connectivity index (χ2v) is 3.59. The lowest BCUT2D eigenvalue weighted by atomic mass is 10.0.